The Morgan fingerprint density at radius 1 is 1.14 bits per heavy atom. The number of hydrogen-bond acceptors (Lipinski definition) is 1. The van der Waals surface area contributed by atoms with Gasteiger partial charge >= 0.3 is 5.97 Å². The number of nitrogens with zero attached hydrogens (tertiary/aromatic N) is 1. The van der Waals surface area contributed by atoms with E-state index in [0.717, 1.165) is 16.6 Å². The molecule has 3 rings (SSSR count). The number of carboxylic acid groups (broad SMARTS) is 1. The predicted molar refractivity (Wildman–Crippen MR) is 84.2 cm³/mol. The summed E-state index contributed by atoms with van der Waals surface area (Å²) < 4.78 is 1.85. The minimum Gasteiger partial charge on any atom is -0.478 e. The van der Waals surface area contributed by atoms with E-state index >= 15 is 0 Å². The van der Waals surface area contributed by atoms with Crippen molar-refractivity contribution in [1.82, 2.24) is 4.57 Å². The van der Waals surface area contributed by atoms with Crippen LogP contribution in [0.2, 0.25) is 5.15 Å². The topological polar surface area (TPSA) is 42.2 Å². The highest BCUT2D eigenvalue weighted by molar-refractivity contribution is 6.35. The molecular weight excluding hydrogens is 286 g/mol. The maximum absolute atomic E-state index is 11.5. The van der Waals surface area contributed by atoms with Gasteiger partial charge in [0.2, 0.25) is 0 Å². The summed E-state index contributed by atoms with van der Waals surface area (Å²) in [4.78, 5) is 11.5. The van der Waals surface area contributed by atoms with Crippen LogP contribution in [-0.2, 0) is 6.54 Å². The summed E-state index contributed by atoms with van der Waals surface area (Å²) >= 11 is 6.33. The van der Waals surface area contributed by atoms with E-state index in [1.165, 1.54) is 0 Å². The number of benzene rings is 2. The highest BCUT2D eigenvalue weighted by atomic mass is 35.5. The Morgan fingerprint density at radius 3 is 2.52 bits per heavy atom. The highest BCUT2D eigenvalue weighted by Gasteiger charge is 2.20. The molecule has 0 bridgehead atoms. The van der Waals surface area contributed by atoms with Gasteiger partial charge in [-0.15, -0.1) is 0 Å². The van der Waals surface area contributed by atoms with Gasteiger partial charge in [-0.3, -0.25) is 0 Å². The quantitative estimate of drug-likeness (QED) is 0.781. The lowest BCUT2D eigenvalue weighted by atomic mass is 10.1. The molecule has 0 aliphatic rings. The van der Waals surface area contributed by atoms with Crippen LogP contribution in [0.1, 0.15) is 21.5 Å². The molecule has 0 aliphatic carbocycles. The van der Waals surface area contributed by atoms with Crippen LogP contribution >= 0.6 is 11.6 Å². The summed E-state index contributed by atoms with van der Waals surface area (Å²) in [5.74, 6) is -1.00. The Bertz CT molecular complexity index is 836. The van der Waals surface area contributed by atoms with Crippen molar-refractivity contribution < 1.29 is 9.90 Å². The normalized spacial score (nSPS) is 11.0. The predicted octanol–water partition coefficient (Wildman–Crippen LogP) is 4.35. The Balaban J connectivity index is 2.21. The largest absolute Gasteiger partial charge is 0.478 e. The third kappa shape index (κ3) is 2.30. The molecule has 0 saturated heterocycles. The zero-order chi connectivity index (χ0) is 15.0. The van der Waals surface area contributed by atoms with Gasteiger partial charge in [0.1, 0.15) is 10.7 Å². The molecular formula is C17H14ClNO2. The van der Waals surface area contributed by atoms with Crippen molar-refractivity contribution >= 4 is 28.5 Å². The zero-order valence-corrected chi connectivity index (χ0v) is 12.3. The first-order valence-corrected chi connectivity index (χ1v) is 7.02. The molecule has 1 N–H and O–H groups in total. The first-order chi connectivity index (χ1) is 10.1. The van der Waals surface area contributed by atoms with Gasteiger partial charge in [-0.1, -0.05) is 54.1 Å². The molecule has 0 unspecified atom stereocenters. The van der Waals surface area contributed by atoms with Gasteiger partial charge in [0.25, 0.3) is 0 Å². The molecule has 0 spiro atoms. The average Bonchev–Trinajstić information content (AvgIpc) is 2.74. The third-order valence-corrected chi connectivity index (χ3v) is 4.10. The smallest absolute Gasteiger partial charge is 0.339 e. The molecule has 106 valence electrons. The molecule has 0 radical (unpaired) electrons. The monoisotopic (exact) mass is 299 g/mol. The molecule has 3 nitrogen and oxygen atoms in total. The fourth-order valence-electron chi connectivity index (χ4n) is 2.59. The molecule has 0 amide bonds. The molecule has 0 fully saturated rings. The number of aromatic carboxylic acids is 1. The van der Waals surface area contributed by atoms with Crippen LogP contribution in [0.15, 0.2) is 48.5 Å². The standard InChI is InChI=1S/C17H14ClNO2/c1-11-6-2-3-7-12(11)10-19-14-9-5-4-8-13(14)15(16(19)18)17(20)21/h2-9H,10H2,1H3,(H,20,21). The van der Waals surface area contributed by atoms with Crippen molar-refractivity contribution in [2.75, 3.05) is 0 Å². The number of hydrogen-bond donors (Lipinski definition) is 1. The van der Waals surface area contributed by atoms with Crippen LogP contribution in [0, 0.1) is 6.92 Å². The molecule has 1 heterocycles. The van der Waals surface area contributed by atoms with E-state index in [2.05, 4.69) is 0 Å². The maximum Gasteiger partial charge on any atom is 0.339 e. The van der Waals surface area contributed by atoms with Crippen LogP contribution in [0.4, 0.5) is 0 Å². The zero-order valence-electron chi connectivity index (χ0n) is 11.5. The van der Waals surface area contributed by atoms with E-state index in [0.29, 0.717) is 11.9 Å². The Hall–Kier alpha value is -2.26. The van der Waals surface area contributed by atoms with Crippen molar-refractivity contribution in [1.29, 1.82) is 0 Å². The maximum atomic E-state index is 11.5. The van der Waals surface area contributed by atoms with Crippen molar-refractivity contribution in [3.63, 3.8) is 0 Å². The second-order valence-corrected chi connectivity index (χ2v) is 5.36. The summed E-state index contributed by atoms with van der Waals surface area (Å²) in [5, 5.41) is 10.3. The van der Waals surface area contributed by atoms with Gasteiger partial charge in [0.15, 0.2) is 0 Å². The second-order valence-electron chi connectivity index (χ2n) is 5.00. The van der Waals surface area contributed by atoms with Crippen molar-refractivity contribution in [3.8, 4) is 0 Å². The number of carboxylic acids is 1. The highest BCUT2D eigenvalue weighted by Crippen LogP contribution is 2.31. The lowest BCUT2D eigenvalue weighted by molar-refractivity contribution is 0.0699. The summed E-state index contributed by atoms with van der Waals surface area (Å²) in [7, 11) is 0. The Labute approximate surface area is 127 Å². The van der Waals surface area contributed by atoms with Crippen LogP contribution in [-0.4, -0.2) is 15.6 Å². The summed E-state index contributed by atoms with van der Waals surface area (Å²) in [6.45, 7) is 2.59. The van der Waals surface area contributed by atoms with Gasteiger partial charge in [0, 0.05) is 11.9 Å². The van der Waals surface area contributed by atoms with E-state index in [4.69, 9.17) is 11.6 Å². The van der Waals surface area contributed by atoms with Crippen LogP contribution in [0.25, 0.3) is 10.9 Å². The van der Waals surface area contributed by atoms with Crippen molar-refractivity contribution in [2.24, 2.45) is 0 Å². The van der Waals surface area contributed by atoms with Gasteiger partial charge < -0.3 is 9.67 Å². The van der Waals surface area contributed by atoms with E-state index in [9.17, 15) is 9.90 Å². The van der Waals surface area contributed by atoms with E-state index in [-0.39, 0.29) is 10.7 Å². The first-order valence-electron chi connectivity index (χ1n) is 6.64. The minimum atomic E-state index is -1.00. The molecule has 21 heavy (non-hydrogen) atoms. The SMILES string of the molecule is Cc1ccccc1Cn1c(Cl)c(C(=O)O)c2ccccc21. The second kappa shape index (κ2) is 5.26. The Kier molecular flexibility index (Phi) is 3.43. The van der Waals surface area contributed by atoms with Gasteiger partial charge in [-0.2, -0.15) is 0 Å². The number of carbonyl (C=O) groups is 1. The number of aromatic nitrogens is 1. The number of halogens is 1. The number of para-hydroxylation sites is 1. The molecule has 0 aliphatic heterocycles. The summed E-state index contributed by atoms with van der Waals surface area (Å²) in [5.41, 5.74) is 3.28. The fourth-order valence-corrected chi connectivity index (χ4v) is 2.92. The minimum absolute atomic E-state index is 0.167. The van der Waals surface area contributed by atoms with Crippen LogP contribution < -0.4 is 0 Å². The molecule has 4 heteroatoms. The van der Waals surface area contributed by atoms with Gasteiger partial charge in [0.05, 0.1) is 5.52 Å². The summed E-state index contributed by atoms with van der Waals surface area (Å²) in [6.07, 6.45) is 0. The fraction of sp³-hybridized carbons (Fsp3) is 0.118. The van der Waals surface area contributed by atoms with E-state index in [1.807, 2.05) is 54.0 Å². The van der Waals surface area contributed by atoms with Crippen molar-refractivity contribution in [3.05, 3.63) is 70.4 Å². The van der Waals surface area contributed by atoms with Crippen LogP contribution in [0.5, 0.6) is 0 Å². The average molecular weight is 300 g/mol. The number of fused-ring (bicyclic) bond motifs is 1. The van der Waals surface area contributed by atoms with Gasteiger partial charge in [-0.25, -0.2) is 4.79 Å². The molecule has 3 aromatic rings. The summed E-state index contributed by atoms with van der Waals surface area (Å²) in [6, 6.07) is 15.4. The molecule has 0 saturated carbocycles. The van der Waals surface area contributed by atoms with Crippen molar-refractivity contribution in [2.45, 2.75) is 13.5 Å². The first kappa shape index (κ1) is 13.7. The lowest BCUT2D eigenvalue weighted by Gasteiger charge is -2.10. The molecule has 1 aromatic heterocycles. The molecule has 2 aromatic carbocycles. The van der Waals surface area contributed by atoms with Gasteiger partial charge in [-0.05, 0) is 24.1 Å². The lowest BCUT2D eigenvalue weighted by Crippen LogP contribution is -2.03. The van der Waals surface area contributed by atoms with Crippen LogP contribution in [0.3, 0.4) is 0 Å². The number of aryl methyl sites for hydroxylation is 1. The third-order valence-electron chi connectivity index (χ3n) is 3.71. The van der Waals surface area contributed by atoms with E-state index < -0.39 is 5.97 Å². The number of rotatable bonds is 3. The Morgan fingerprint density at radius 2 is 1.81 bits per heavy atom. The van der Waals surface area contributed by atoms with E-state index in [1.54, 1.807) is 6.07 Å². The molecule has 0 atom stereocenters.